The Bertz CT molecular complexity index is 1040. The molecule has 2 amide bonds. The average Bonchev–Trinajstić information content (AvgIpc) is 3.46. The van der Waals surface area contributed by atoms with Gasteiger partial charge in [0.15, 0.2) is 0 Å². The summed E-state index contributed by atoms with van der Waals surface area (Å²) in [5.41, 5.74) is 2.36. The molecule has 1 N–H and O–H groups in total. The Balaban J connectivity index is 1.34. The molecule has 7 heteroatoms. The Morgan fingerprint density at radius 2 is 1.93 bits per heavy atom. The molecule has 2 aliphatic heterocycles. The van der Waals surface area contributed by atoms with Crippen molar-refractivity contribution in [3.63, 3.8) is 0 Å². The minimum atomic E-state index is -0.140. The second kappa shape index (κ2) is 7.06. The molecular formula is C22H25N5O2. The maximum Gasteiger partial charge on any atom is 0.270 e. The lowest BCUT2D eigenvalue weighted by molar-refractivity contribution is -0.129. The molecule has 0 saturated carbocycles. The smallest absolute Gasteiger partial charge is 0.270 e. The van der Waals surface area contributed by atoms with Crippen LogP contribution in [0.4, 0.5) is 0 Å². The topological polar surface area (TPSA) is 74.2 Å². The third-order valence-corrected chi connectivity index (χ3v) is 6.09. The molecular weight excluding hydrogens is 366 g/mol. The van der Waals surface area contributed by atoms with Crippen LogP contribution < -0.4 is 0 Å². The van der Waals surface area contributed by atoms with Gasteiger partial charge in [0.1, 0.15) is 11.5 Å². The van der Waals surface area contributed by atoms with Crippen LogP contribution in [0, 0.1) is 0 Å². The van der Waals surface area contributed by atoms with Crippen LogP contribution in [0.3, 0.4) is 0 Å². The zero-order chi connectivity index (χ0) is 20.0. The van der Waals surface area contributed by atoms with Crippen LogP contribution in [0.2, 0.25) is 0 Å². The number of benzene rings is 1. The first-order chi connectivity index (χ1) is 14.1. The van der Waals surface area contributed by atoms with E-state index in [4.69, 9.17) is 4.98 Å². The van der Waals surface area contributed by atoms with Gasteiger partial charge in [0.2, 0.25) is 5.91 Å². The highest BCUT2D eigenvalue weighted by Gasteiger charge is 2.31. The van der Waals surface area contributed by atoms with Crippen molar-refractivity contribution in [2.75, 3.05) is 19.6 Å². The largest absolute Gasteiger partial charge is 0.351 e. The van der Waals surface area contributed by atoms with Crippen LogP contribution in [0.1, 0.15) is 47.8 Å². The number of hydrogen-bond donors (Lipinski definition) is 1. The van der Waals surface area contributed by atoms with Gasteiger partial charge in [0.05, 0.1) is 18.2 Å². The number of aromatic nitrogens is 3. The average molecular weight is 391 g/mol. The van der Waals surface area contributed by atoms with Gasteiger partial charge in [-0.1, -0.05) is 18.2 Å². The summed E-state index contributed by atoms with van der Waals surface area (Å²) < 4.78 is 2.09. The first kappa shape index (κ1) is 18.0. The van der Waals surface area contributed by atoms with Gasteiger partial charge in [-0.2, -0.15) is 0 Å². The first-order valence-electron chi connectivity index (χ1n) is 10.3. The fraction of sp³-hybridized carbons (Fsp3) is 0.409. The second-order valence-electron chi connectivity index (χ2n) is 7.99. The van der Waals surface area contributed by atoms with Gasteiger partial charge in [-0.05, 0) is 31.9 Å². The molecule has 0 unspecified atom stereocenters. The number of rotatable bonds is 3. The summed E-state index contributed by atoms with van der Waals surface area (Å²) in [5.74, 6) is 0.985. The summed E-state index contributed by atoms with van der Waals surface area (Å²) in [6.07, 6.45) is 4.49. The van der Waals surface area contributed by atoms with Crippen molar-refractivity contribution in [2.45, 2.75) is 38.8 Å². The predicted octanol–water partition coefficient (Wildman–Crippen LogP) is 2.75. The number of likely N-dealkylation sites (tertiary alicyclic amines) is 1. The van der Waals surface area contributed by atoms with E-state index in [2.05, 4.69) is 9.55 Å². The normalized spacial score (nSPS) is 19.0. The summed E-state index contributed by atoms with van der Waals surface area (Å²) in [4.78, 5) is 37.3. The summed E-state index contributed by atoms with van der Waals surface area (Å²) in [6.45, 7) is 5.03. The molecule has 1 fully saturated rings. The van der Waals surface area contributed by atoms with Crippen molar-refractivity contribution in [1.82, 2.24) is 24.3 Å². The molecule has 4 heterocycles. The number of carbonyl (C=O) groups is 2. The zero-order valence-corrected chi connectivity index (χ0v) is 16.6. The van der Waals surface area contributed by atoms with Gasteiger partial charge in [0, 0.05) is 43.3 Å². The Morgan fingerprint density at radius 3 is 2.72 bits per heavy atom. The monoisotopic (exact) mass is 391 g/mol. The van der Waals surface area contributed by atoms with Crippen LogP contribution in [-0.4, -0.2) is 55.8 Å². The molecule has 2 aliphatic rings. The molecule has 1 atom stereocenters. The number of nitrogens with zero attached hydrogens (tertiary/aromatic N) is 4. The fourth-order valence-corrected chi connectivity index (χ4v) is 4.49. The molecule has 0 radical (unpaired) electrons. The molecule has 2 aromatic heterocycles. The van der Waals surface area contributed by atoms with Crippen LogP contribution >= 0.6 is 0 Å². The number of imidazole rings is 1. The molecule has 0 spiro atoms. The highest BCUT2D eigenvalue weighted by Crippen LogP contribution is 2.27. The molecule has 5 rings (SSSR count). The quantitative estimate of drug-likeness (QED) is 0.746. The summed E-state index contributed by atoms with van der Waals surface area (Å²) in [5, 5.41) is 1.03. The van der Waals surface area contributed by atoms with E-state index in [1.165, 1.54) is 0 Å². The van der Waals surface area contributed by atoms with Crippen molar-refractivity contribution >= 4 is 22.7 Å². The van der Waals surface area contributed by atoms with Crippen molar-refractivity contribution in [3.8, 4) is 0 Å². The van der Waals surface area contributed by atoms with Gasteiger partial charge < -0.3 is 19.4 Å². The lowest BCUT2D eigenvalue weighted by Gasteiger charge is -2.33. The maximum absolute atomic E-state index is 13.1. The predicted molar refractivity (Wildman–Crippen MR) is 109 cm³/mol. The van der Waals surface area contributed by atoms with E-state index in [0.717, 1.165) is 48.4 Å². The number of H-pyrrole nitrogens is 1. The van der Waals surface area contributed by atoms with Crippen molar-refractivity contribution in [1.29, 1.82) is 0 Å². The lowest BCUT2D eigenvalue weighted by atomic mass is 10.2. The number of para-hydroxylation sites is 1. The Kier molecular flexibility index (Phi) is 4.38. The number of nitrogens with one attached hydrogen (secondary N) is 1. The van der Waals surface area contributed by atoms with E-state index < -0.39 is 0 Å². The number of aromatic amines is 1. The number of fused-ring (bicyclic) bond motifs is 2. The van der Waals surface area contributed by atoms with Crippen molar-refractivity contribution < 1.29 is 9.59 Å². The molecule has 1 saturated heterocycles. The van der Waals surface area contributed by atoms with Gasteiger partial charge in [-0.3, -0.25) is 9.59 Å². The minimum Gasteiger partial charge on any atom is -0.351 e. The van der Waals surface area contributed by atoms with Gasteiger partial charge in [-0.15, -0.1) is 0 Å². The van der Waals surface area contributed by atoms with E-state index in [-0.39, 0.29) is 17.9 Å². The van der Waals surface area contributed by atoms with Crippen molar-refractivity contribution in [3.05, 3.63) is 53.7 Å². The van der Waals surface area contributed by atoms with E-state index in [9.17, 15) is 9.59 Å². The van der Waals surface area contributed by atoms with Crippen molar-refractivity contribution in [2.24, 2.45) is 0 Å². The summed E-state index contributed by atoms with van der Waals surface area (Å²) in [7, 11) is 0. The van der Waals surface area contributed by atoms with E-state index in [1.807, 2.05) is 53.3 Å². The standard InChI is InChI=1S/C22H25N5O2/c1-15-21-23-17(13-20(28)25-8-4-5-9-25)14-26(21)10-11-27(15)22(29)19-12-16-6-2-3-7-18(16)24-19/h2-3,6-7,12,14-15,24H,4-5,8-11,13H2,1H3/t15-/m1/s1. The minimum absolute atomic E-state index is 0.0161. The van der Waals surface area contributed by atoms with Crippen LogP contribution in [0.25, 0.3) is 10.9 Å². The molecule has 1 aromatic carbocycles. The highest BCUT2D eigenvalue weighted by atomic mass is 16.2. The van der Waals surface area contributed by atoms with Gasteiger partial charge >= 0.3 is 0 Å². The van der Waals surface area contributed by atoms with E-state index >= 15 is 0 Å². The number of hydrogen-bond acceptors (Lipinski definition) is 3. The molecule has 0 aliphatic carbocycles. The highest BCUT2D eigenvalue weighted by molar-refractivity contribution is 5.98. The second-order valence-corrected chi connectivity index (χ2v) is 7.99. The van der Waals surface area contributed by atoms with Crippen LogP contribution in [0.5, 0.6) is 0 Å². The zero-order valence-electron chi connectivity index (χ0n) is 16.6. The summed E-state index contributed by atoms with van der Waals surface area (Å²) in [6, 6.07) is 9.67. The Morgan fingerprint density at radius 1 is 1.14 bits per heavy atom. The first-order valence-corrected chi connectivity index (χ1v) is 10.3. The molecule has 0 bridgehead atoms. The maximum atomic E-state index is 13.1. The Labute approximate surface area is 169 Å². The lowest BCUT2D eigenvalue weighted by Crippen LogP contribution is -2.41. The third-order valence-electron chi connectivity index (χ3n) is 6.09. The third kappa shape index (κ3) is 3.20. The van der Waals surface area contributed by atoms with E-state index in [1.54, 1.807) is 0 Å². The van der Waals surface area contributed by atoms with Crippen LogP contribution in [0.15, 0.2) is 36.5 Å². The van der Waals surface area contributed by atoms with Gasteiger partial charge in [0.25, 0.3) is 5.91 Å². The summed E-state index contributed by atoms with van der Waals surface area (Å²) >= 11 is 0. The molecule has 150 valence electrons. The molecule has 29 heavy (non-hydrogen) atoms. The molecule has 7 nitrogen and oxygen atoms in total. The molecule has 3 aromatic rings. The number of amides is 2. The van der Waals surface area contributed by atoms with Gasteiger partial charge in [-0.25, -0.2) is 4.98 Å². The SMILES string of the molecule is C[C@@H]1c2nc(CC(=O)N3CCCC3)cn2CCN1C(=O)c1cc2ccccc2[nH]1. The number of carbonyl (C=O) groups excluding carboxylic acids is 2. The van der Waals surface area contributed by atoms with Crippen LogP contribution in [-0.2, 0) is 17.8 Å². The van der Waals surface area contributed by atoms with E-state index in [0.29, 0.717) is 25.2 Å². The Hall–Kier alpha value is -3.09. The fourth-order valence-electron chi connectivity index (χ4n) is 4.49.